The number of rotatable bonds is 1. The van der Waals surface area contributed by atoms with E-state index < -0.39 is 0 Å². The molecule has 0 aromatic carbocycles. The molecular formula is C10H17N3. The Bertz CT molecular complexity index is 314. The quantitative estimate of drug-likeness (QED) is 0.699. The highest BCUT2D eigenvalue weighted by Crippen LogP contribution is 2.23. The van der Waals surface area contributed by atoms with Gasteiger partial charge in [-0.1, -0.05) is 0 Å². The van der Waals surface area contributed by atoms with Crippen LogP contribution in [0.25, 0.3) is 0 Å². The van der Waals surface area contributed by atoms with Crippen LogP contribution in [0.1, 0.15) is 30.3 Å². The van der Waals surface area contributed by atoms with Gasteiger partial charge in [0.15, 0.2) is 0 Å². The Hall–Kier alpha value is -0.830. The summed E-state index contributed by atoms with van der Waals surface area (Å²) in [5.74, 6) is 0. The molecule has 1 aliphatic carbocycles. The van der Waals surface area contributed by atoms with Crippen molar-refractivity contribution < 1.29 is 0 Å². The maximum absolute atomic E-state index is 5.94. The monoisotopic (exact) mass is 179 g/mol. The van der Waals surface area contributed by atoms with Crippen LogP contribution in [0.4, 0.5) is 0 Å². The summed E-state index contributed by atoms with van der Waals surface area (Å²) in [6, 6.07) is 0.342. The molecule has 0 amide bonds. The molecule has 2 N–H and O–H groups in total. The third-order valence-corrected chi connectivity index (χ3v) is 2.89. The maximum Gasteiger partial charge on any atom is 0.0628 e. The molecule has 72 valence electrons. The van der Waals surface area contributed by atoms with Crippen molar-refractivity contribution in [3.05, 3.63) is 17.0 Å². The van der Waals surface area contributed by atoms with Gasteiger partial charge in [-0.05, 0) is 32.3 Å². The van der Waals surface area contributed by atoms with Gasteiger partial charge in [0, 0.05) is 24.7 Å². The first kappa shape index (κ1) is 8.75. The van der Waals surface area contributed by atoms with Gasteiger partial charge >= 0.3 is 0 Å². The SMILES string of the molecule is CCn1nc(C)c2c1CC(N)CC2. The molecule has 0 spiro atoms. The van der Waals surface area contributed by atoms with Gasteiger partial charge < -0.3 is 5.73 Å². The molecule has 0 radical (unpaired) electrons. The van der Waals surface area contributed by atoms with Crippen LogP contribution < -0.4 is 5.73 Å². The summed E-state index contributed by atoms with van der Waals surface area (Å²) in [6.07, 6.45) is 3.23. The Kier molecular flexibility index (Phi) is 2.12. The zero-order valence-electron chi connectivity index (χ0n) is 8.38. The van der Waals surface area contributed by atoms with Crippen molar-refractivity contribution in [1.29, 1.82) is 0 Å². The van der Waals surface area contributed by atoms with Crippen LogP contribution in [0.3, 0.4) is 0 Å². The van der Waals surface area contributed by atoms with Crippen LogP contribution in [0.2, 0.25) is 0 Å². The fourth-order valence-electron chi connectivity index (χ4n) is 2.16. The van der Waals surface area contributed by atoms with Crippen LogP contribution in [0.5, 0.6) is 0 Å². The smallest absolute Gasteiger partial charge is 0.0628 e. The first-order chi connectivity index (χ1) is 6.22. The van der Waals surface area contributed by atoms with Crippen LogP contribution in [-0.4, -0.2) is 15.8 Å². The normalized spacial score (nSPS) is 21.6. The Morgan fingerprint density at radius 2 is 2.38 bits per heavy atom. The van der Waals surface area contributed by atoms with Gasteiger partial charge in [-0.15, -0.1) is 0 Å². The van der Waals surface area contributed by atoms with Crippen molar-refractivity contribution in [3.63, 3.8) is 0 Å². The predicted octanol–water partition coefficient (Wildman–Crippen LogP) is 1.03. The highest BCUT2D eigenvalue weighted by molar-refractivity contribution is 5.29. The molecule has 1 atom stereocenters. The minimum absolute atomic E-state index is 0.342. The van der Waals surface area contributed by atoms with E-state index >= 15 is 0 Å². The highest BCUT2D eigenvalue weighted by atomic mass is 15.3. The van der Waals surface area contributed by atoms with E-state index in [1.807, 2.05) is 0 Å². The number of aryl methyl sites for hydroxylation is 2. The molecule has 3 nitrogen and oxygen atoms in total. The zero-order valence-corrected chi connectivity index (χ0v) is 8.38. The third-order valence-electron chi connectivity index (χ3n) is 2.89. The zero-order chi connectivity index (χ0) is 9.42. The average molecular weight is 179 g/mol. The summed E-state index contributed by atoms with van der Waals surface area (Å²) < 4.78 is 2.10. The van der Waals surface area contributed by atoms with Crippen LogP contribution >= 0.6 is 0 Å². The molecule has 1 aromatic heterocycles. The molecule has 0 bridgehead atoms. The molecule has 1 unspecified atom stereocenters. The lowest BCUT2D eigenvalue weighted by Gasteiger charge is -2.19. The van der Waals surface area contributed by atoms with E-state index in [9.17, 15) is 0 Å². The molecule has 0 fully saturated rings. The molecule has 1 heterocycles. The third kappa shape index (κ3) is 1.37. The molecular weight excluding hydrogens is 162 g/mol. The van der Waals surface area contributed by atoms with Crippen molar-refractivity contribution in [1.82, 2.24) is 9.78 Å². The van der Waals surface area contributed by atoms with Crippen LogP contribution in [-0.2, 0) is 19.4 Å². The second-order valence-corrected chi connectivity index (χ2v) is 3.83. The molecule has 0 saturated heterocycles. The van der Waals surface area contributed by atoms with Crippen molar-refractivity contribution >= 4 is 0 Å². The van der Waals surface area contributed by atoms with E-state index in [1.165, 1.54) is 17.0 Å². The Labute approximate surface area is 78.9 Å². The second kappa shape index (κ2) is 3.14. The molecule has 0 aliphatic heterocycles. The lowest BCUT2D eigenvalue weighted by molar-refractivity contribution is 0.528. The standard InChI is InChI=1S/C10H17N3/c1-3-13-10-6-8(11)4-5-9(10)7(2)12-13/h8H,3-6,11H2,1-2H3. The highest BCUT2D eigenvalue weighted by Gasteiger charge is 2.21. The Morgan fingerprint density at radius 3 is 3.08 bits per heavy atom. The maximum atomic E-state index is 5.94. The number of fused-ring (bicyclic) bond motifs is 1. The van der Waals surface area contributed by atoms with Crippen molar-refractivity contribution in [2.45, 2.75) is 45.7 Å². The fourth-order valence-corrected chi connectivity index (χ4v) is 2.16. The Balaban J connectivity index is 2.43. The molecule has 13 heavy (non-hydrogen) atoms. The second-order valence-electron chi connectivity index (χ2n) is 3.83. The number of hydrogen-bond donors (Lipinski definition) is 1. The summed E-state index contributed by atoms with van der Waals surface area (Å²) in [5, 5.41) is 4.51. The number of nitrogens with zero attached hydrogens (tertiary/aromatic N) is 2. The molecule has 1 aromatic rings. The minimum atomic E-state index is 0.342. The first-order valence-electron chi connectivity index (χ1n) is 5.03. The number of aromatic nitrogens is 2. The van der Waals surface area contributed by atoms with E-state index in [0.29, 0.717) is 6.04 Å². The van der Waals surface area contributed by atoms with Crippen molar-refractivity contribution in [2.24, 2.45) is 5.73 Å². The van der Waals surface area contributed by atoms with E-state index in [-0.39, 0.29) is 0 Å². The lowest BCUT2D eigenvalue weighted by atomic mass is 9.92. The molecule has 1 aliphatic rings. The molecule has 2 rings (SSSR count). The largest absolute Gasteiger partial charge is 0.327 e. The summed E-state index contributed by atoms with van der Waals surface area (Å²) in [5.41, 5.74) is 9.96. The van der Waals surface area contributed by atoms with E-state index in [4.69, 9.17) is 5.73 Å². The summed E-state index contributed by atoms with van der Waals surface area (Å²) in [7, 11) is 0. The number of hydrogen-bond acceptors (Lipinski definition) is 2. The first-order valence-corrected chi connectivity index (χ1v) is 5.03. The summed E-state index contributed by atoms with van der Waals surface area (Å²) in [6.45, 7) is 5.19. The summed E-state index contributed by atoms with van der Waals surface area (Å²) in [4.78, 5) is 0. The van der Waals surface area contributed by atoms with Crippen molar-refractivity contribution in [3.8, 4) is 0 Å². The lowest BCUT2D eigenvalue weighted by Crippen LogP contribution is -2.29. The van der Waals surface area contributed by atoms with Crippen LogP contribution in [0, 0.1) is 6.92 Å². The van der Waals surface area contributed by atoms with E-state index in [2.05, 4.69) is 23.6 Å². The van der Waals surface area contributed by atoms with Gasteiger partial charge in [-0.2, -0.15) is 5.10 Å². The Morgan fingerprint density at radius 1 is 1.62 bits per heavy atom. The van der Waals surface area contributed by atoms with Gasteiger partial charge in [0.25, 0.3) is 0 Å². The van der Waals surface area contributed by atoms with Gasteiger partial charge in [-0.25, -0.2) is 0 Å². The minimum Gasteiger partial charge on any atom is -0.327 e. The van der Waals surface area contributed by atoms with Crippen molar-refractivity contribution in [2.75, 3.05) is 0 Å². The number of nitrogens with two attached hydrogens (primary N) is 1. The van der Waals surface area contributed by atoms with Gasteiger partial charge in [0.1, 0.15) is 0 Å². The van der Waals surface area contributed by atoms with Gasteiger partial charge in [-0.3, -0.25) is 4.68 Å². The van der Waals surface area contributed by atoms with Gasteiger partial charge in [0.05, 0.1) is 5.69 Å². The average Bonchev–Trinajstić information content (AvgIpc) is 2.42. The fraction of sp³-hybridized carbons (Fsp3) is 0.700. The topological polar surface area (TPSA) is 43.8 Å². The van der Waals surface area contributed by atoms with Gasteiger partial charge in [0.2, 0.25) is 0 Å². The van der Waals surface area contributed by atoms with E-state index in [0.717, 1.165) is 25.8 Å². The molecule has 0 saturated carbocycles. The predicted molar refractivity (Wildman–Crippen MR) is 52.6 cm³/mol. The van der Waals surface area contributed by atoms with Crippen LogP contribution in [0.15, 0.2) is 0 Å². The van der Waals surface area contributed by atoms with E-state index in [1.54, 1.807) is 0 Å². The molecule has 3 heteroatoms. The summed E-state index contributed by atoms with van der Waals surface area (Å²) >= 11 is 0.